The van der Waals surface area contributed by atoms with Crippen molar-refractivity contribution in [3.8, 4) is 5.75 Å². The molecule has 1 unspecified atom stereocenters. The monoisotopic (exact) mass is 284 g/mol. The second-order valence-corrected chi connectivity index (χ2v) is 4.93. The summed E-state index contributed by atoms with van der Waals surface area (Å²) in [6.45, 7) is 8.89. The van der Waals surface area contributed by atoms with Gasteiger partial charge in [0.25, 0.3) is 5.91 Å². The van der Waals surface area contributed by atoms with E-state index in [9.17, 15) is 9.90 Å². The Balaban J connectivity index is 2.61. The molecule has 4 nitrogen and oxygen atoms in total. The number of nitrogens with one attached hydrogen (secondary N) is 1. The number of hydrogen-bond donors (Lipinski definition) is 2. The first-order chi connectivity index (χ1) is 8.97. The maximum absolute atomic E-state index is 12.0. The molecule has 1 rings (SSSR count). The first-order valence-electron chi connectivity index (χ1n) is 6.49. The molecule has 0 aliphatic carbocycles. The van der Waals surface area contributed by atoms with Crippen LogP contribution < -0.4 is 5.32 Å². The van der Waals surface area contributed by atoms with Crippen LogP contribution in [0.25, 0.3) is 0 Å². The summed E-state index contributed by atoms with van der Waals surface area (Å²) in [7, 11) is 0. The molecular formula is C14H21ClN2O2. The van der Waals surface area contributed by atoms with Gasteiger partial charge in [-0.1, -0.05) is 25.4 Å². The number of likely N-dealkylation sites (N-methyl/N-ethyl adjacent to an activating group) is 1. The van der Waals surface area contributed by atoms with E-state index >= 15 is 0 Å². The average molecular weight is 285 g/mol. The molecule has 0 aliphatic heterocycles. The number of nitrogens with zero attached hydrogens (tertiary/aromatic N) is 1. The molecule has 0 saturated carbocycles. The van der Waals surface area contributed by atoms with Gasteiger partial charge in [0.05, 0.1) is 5.02 Å². The Labute approximate surface area is 119 Å². The van der Waals surface area contributed by atoms with Crippen LogP contribution in [0.1, 0.15) is 31.1 Å². The third kappa shape index (κ3) is 4.73. The highest BCUT2D eigenvalue weighted by atomic mass is 35.5. The highest BCUT2D eigenvalue weighted by Crippen LogP contribution is 2.23. The maximum Gasteiger partial charge on any atom is 0.251 e. The smallest absolute Gasteiger partial charge is 0.251 e. The number of aromatic hydroxyl groups is 1. The number of rotatable bonds is 6. The lowest BCUT2D eigenvalue weighted by Crippen LogP contribution is -2.41. The van der Waals surface area contributed by atoms with E-state index in [1.165, 1.54) is 12.1 Å². The van der Waals surface area contributed by atoms with Crippen molar-refractivity contribution in [1.82, 2.24) is 10.2 Å². The summed E-state index contributed by atoms with van der Waals surface area (Å²) >= 11 is 5.79. The summed E-state index contributed by atoms with van der Waals surface area (Å²) in [5.41, 5.74) is 0.453. The predicted octanol–water partition coefficient (Wildman–Crippen LogP) is 2.51. The van der Waals surface area contributed by atoms with Crippen molar-refractivity contribution in [3.63, 3.8) is 0 Å². The molecule has 0 spiro atoms. The van der Waals surface area contributed by atoms with Gasteiger partial charge in [0, 0.05) is 18.2 Å². The molecule has 0 bridgehead atoms. The van der Waals surface area contributed by atoms with Crippen molar-refractivity contribution in [2.45, 2.75) is 26.8 Å². The third-order valence-corrected chi connectivity index (χ3v) is 3.32. The number of hydrogen-bond acceptors (Lipinski definition) is 3. The number of phenols is 1. The Morgan fingerprint density at radius 2 is 2.05 bits per heavy atom. The molecule has 19 heavy (non-hydrogen) atoms. The molecule has 0 saturated heterocycles. The molecule has 0 radical (unpaired) electrons. The van der Waals surface area contributed by atoms with Crippen molar-refractivity contribution in [2.75, 3.05) is 19.6 Å². The van der Waals surface area contributed by atoms with Crippen molar-refractivity contribution in [3.05, 3.63) is 28.8 Å². The standard InChI is InChI=1S/C14H21ClN2O2/c1-4-17(5-2)9-10(3)16-14(19)11-6-7-13(18)12(15)8-11/h6-8,10,18H,4-5,9H2,1-3H3,(H,16,19). The summed E-state index contributed by atoms with van der Waals surface area (Å²) in [4.78, 5) is 14.3. The first kappa shape index (κ1) is 15.8. The van der Waals surface area contributed by atoms with Crippen LogP contribution in [-0.2, 0) is 0 Å². The quantitative estimate of drug-likeness (QED) is 0.844. The predicted molar refractivity (Wildman–Crippen MR) is 77.8 cm³/mol. The Morgan fingerprint density at radius 1 is 1.42 bits per heavy atom. The van der Waals surface area contributed by atoms with E-state index in [4.69, 9.17) is 11.6 Å². The highest BCUT2D eigenvalue weighted by molar-refractivity contribution is 6.32. The fourth-order valence-corrected chi connectivity index (χ4v) is 2.05. The average Bonchev–Trinajstić information content (AvgIpc) is 2.38. The lowest BCUT2D eigenvalue weighted by atomic mass is 10.2. The minimum Gasteiger partial charge on any atom is -0.506 e. The molecule has 1 aromatic carbocycles. The lowest BCUT2D eigenvalue weighted by Gasteiger charge is -2.23. The number of benzene rings is 1. The molecule has 1 atom stereocenters. The summed E-state index contributed by atoms with van der Waals surface area (Å²) in [5.74, 6) is -0.198. The Bertz CT molecular complexity index is 433. The van der Waals surface area contributed by atoms with E-state index in [1.807, 2.05) is 6.92 Å². The van der Waals surface area contributed by atoms with Gasteiger partial charge < -0.3 is 15.3 Å². The van der Waals surface area contributed by atoms with Crippen molar-refractivity contribution in [1.29, 1.82) is 0 Å². The topological polar surface area (TPSA) is 52.6 Å². The number of carbonyl (C=O) groups excluding carboxylic acids is 1. The van der Waals surface area contributed by atoms with E-state index in [2.05, 4.69) is 24.1 Å². The minimum atomic E-state index is -0.179. The van der Waals surface area contributed by atoms with Gasteiger partial charge in [-0.2, -0.15) is 0 Å². The zero-order valence-corrected chi connectivity index (χ0v) is 12.4. The van der Waals surface area contributed by atoms with Gasteiger partial charge in [-0.3, -0.25) is 4.79 Å². The fourth-order valence-electron chi connectivity index (χ4n) is 1.87. The van der Waals surface area contributed by atoms with Crippen LogP contribution in [0.5, 0.6) is 5.75 Å². The van der Waals surface area contributed by atoms with Gasteiger partial charge >= 0.3 is 0 Å². The van der Waals surface area contributed by atoms with Crippen LogP contribution in [0, 0.1) is 0 Å². The van der Waals surface area contributed by atoms with E-state index < -0.39 is 0 Å². The molecule has 2 N–H and O–H groups in total. The Hall–Kier alpha value is -1.26. The molecule has 0 aromatic heterocycles. The third-order valence-electron chi connectivity index (χ3n) is 3.01. The number of halogens is 1. The summed E-state index contributed by atoms with van der Waals surface area (Å²) in [6, 6.07) is 4.50. The minimum absolute atomic E-state index is 0.0191. The molecule has 0 fully saturated rings. The normalized spacial score (nSPS) is 12.5. The largest absolute Gasteiger partial charge is 0.506 e. The SMILES string of the molecule is CCN(CC)CC(C)NC(=O)c1ccc(O)c(Cl)c1. The van der Waals surface area contributed by atoms with Crippen LogP contribution >= 0.6 is 11.6 Å². The van der Waals surface area contributed by atoms with Gasteiger partial charge in [-0.25, -0.2) is 0 Å². The van der Waals surface area contributed by atoms with Crippen LogP contribution in [-0.4, -0.2) is 41.6 Å². The Kier molecular flexibility index (Phi) is 6.12. The molecule has 1 aromatic rings. The molecule has 1 amide bonds. The van der Waals surface area contributed by atoms with Crippen LogP contribution in [0.3, 0.4) is 0 Å². The van der Waals surface area contributed by atoms with Gasteiger partial charge in [0.2, 0.25) is 0 Å². The first-order valence-corrected chi connectivity index (χ1v) is 6.87. The van der Waals surface area contributed by atoms with E-state index in [-0.39, 0.29) is 22.7 Å². The number of amides is 1. The molecule has 0 heterocycles. The molecule has 106 valence electrons. The van der Waals surface area contributed by atoms with Gasteiger partial charge in [-0.05, 0) is 38.2 Å². The zero-order chi connectivity index (χ0) is 14.4. The molecular weight excluding hydrogens is 264 g/mol. The van der Waals surface area contributed by atoms with Crippen molar-refractivity contribution in [2.24, 2.45) is 0 Å². The Morgan fingerprint density at radius 3 is 2.58 bits per heavy atom. The van der Waals surface area contributed by atoms with E-state index in [0.29, 0.717) is 5.56 Å². The number of carbonyl (C=O) groups is 1. The van der Waals surface area contributed by atoms with E-state index in [1.54, 1.807) is 6.07 Å². The van der Waals surface area contributed by atoms with Crippen molar-refractivity contribution >= 4 is 17.5 Å². The van der Waals surface area contributed by atoms with Gasteiger partial charge in [0.15, 0.2) is 0 Å². The second-order valence-electron chi connectivity index (χ2n) is 4.53. The lowest BCUT2D eigenvalue weighted by molar-refractivity contribution is 0.0930. The summed E-state index contributed by atoms with van der Waals surface area (Å²) in [6.07, 6.45) is 0. The number of phenolic OH excluding ortho intramolecular Hbond substituents is 1. The van der Waals surface area contributed by atoms with Crippen LogP contribution in [0.2, 0.25) is 5.02 Å². The van der Waals surface area contributed by atoms with Gasteiger partial charge in [-0.15, -0.1) is 0 Å². The molecule has 0 aliphatic rings. The summed E-state index contributed by atoms with van der Waals surface area (Å²) in [5, 5.41) is 12.4. The fraction of sp³-hybridized carbons (Fsp3) is 0.500. The highest BCUT2D eigenvalue weighted by Gasteiger charge is 2.13. The zero-order valence-electron chi connectivity index (χ0n) is 11.6. The second kappa shape index (κ2) is 7.36. The van der Waals surface area contributed by atoms with E-state index in [0.717, 1.165) is 19.6 Å². The van der Waals surface area contributed by atoms with Crippen molar-refractivity contribution < 1.29 is 9.90 Å². The van der Waals surface area contributed by atoms with Crippen LogP contribution in [0.4, 0.5) is 0 Å². The summed E-state index contributed by atoms with van der Waals surface area (Å²) < 4.78 is 0. The maximum atomic E-state index is 12.0. The van der Waals surface area contributed by atoms with Crippen LogP contribution in [0.15, 0.2) is 18.2 Å². The molecule has 5 heteroatoms. The van der Waals surface area contributed by atoms with Gasteiger partial charge in [0.1, 0.15) is 5.75 Å².